The van der Waals surface area contributed by atoms with Crippen molar-refractivity contribution in [2.24, 2.45) is 0 Å². The van der Waals surface area contributed by atoms with Crippen LogP contribution in [-0.4, -0.2) is 36.6 Å². The van der Waals surface area contributed by atoms with Gasteiger partial charge >= 0.3 is 0 Å². The van der Waals surface area contributed by atoms with Crippen LogP contribution in [0, 0.1) is 0 Å². The highest BCUT2D eigenvalue weighted by molar-refractivity contribution is 7.14. The highest BCUT2D eigenvalue weighted by Gasteiger charge is 2.14. The molecule has 0 unspecified atom stereocenters. The number of nitrogens with one attached hydrogen (secondary N) is 2. The maximum atomic E-state index is 12.1. The number of thiophene rings is 1. The van der Waals surface area contributed by atoms with Crippen molar-refractivity contribution in [3.05, 3.63) is 46.0 Å². The summed E-state index contributed by atoms with van der Waals surface area (Å²) in [5, 5.41) is 9.72. The number of hydrogen-bond donors (Lipinski definition) is 2. The van der Waals surface area contributed by atoms with Gasteiger partial charge in [-0.1, -0.05) is 6.07 Å². The van der Waals surface area contributed by atoms with Crippen LogP contribution in [-0.2, 0) is 4.79 Å². The number of carbonyl (C=O) groups excluding carboxylic acids is 2. The number of rotatable bonds is 6. The van der Waals surface area contributed by atoms with Crippen molar-refractivity contribution >= 4 is 39.6 Å². The van der Waals surface area contributed by atoms with E-state index in [0.29, 0.717) is 29.0 Å². The molecule has 9 heteroatoms. The van der Waals surface area contributed by atoms with E-state index in [4.69, 9.17) is 9.47 Å². The second-order valence-electron chi connectivity index (χ2n) is 5.93. The molecule has 0 spiro atoms. The molecule has 2 N–H and O–H groups in total. The molecule has 1 aliphatic rings. The van der Waals surface area contributed by atoms with E-state index in [-0.39, 0.29) is 24.8 Å². The van der Waals surface area contributed by atoms with Crippen LogP contribution in [0.25, 0.3) is 11.3 Å². The molecule has 3 aromatic rings. The molecule has 2 amide bonds. The Hall–Kier alpha value is -2.91. The average Bonchev–Trinajstić information content (AvgIpc) is 3.40. The number of anilines is 1. The summed E-state index contributed by atoms with van der Waals surface area (Å²) < 4.78 is 11.1. The Labute approximate surface area is 169 Å². The minimum atomic E-state index is -0.199. The van der Waals surface area contributed by atoms with Gasteiger partial charge in [-0.25, -0.2) is 4.98 Å². The van der Waals surface area contributed by atoms with Gasteiger partial charge in [-0.15, -0.1) is 22.7 Å². The fourth-order valence-corrected chi connectivity index (χ4v) is 4.01. The van der Waals surface area contributed by atoms with Gasteiger partial charge in [-0.2, -0.15) is 0 Å². The quantitative estimate of drug-likeness (QED) is 0.644. The number of thiazole rings is 1. The fraction of sp³-hybridized carbons (Fsp3) is 0.211. The monoisotopic (exact) mass is 415 g/mol. The molecule has 28 heavy (non-hydrogen) atoms. The van der Waals surface area contributed by atoms with Crippen molar-refractivity contribution in [2.45, 2.75) is 6.42 Å². The van der Waals surface area contributed by atoms with Crippen LogP contribution in [0.5, 0.6) is 11.5 Å². The molecule has 144 valence electrons. The Morgan fingerprint density at radius 1 is 1.11 bits per heavy atom. The van der Waals surface area contributed by atoms with Gasteiger partial charge in [0.15, 0.2) is 16.6 Å². The molecule has 1 aromatic carbocycles. The van der Waals surface area contributed by atoms with E-state index in [1.165, 1.54) is 22.7 Å². The Kier molecular flexibility index (Phi) is 5.54. The van der Waals surface area contributed by atoms with Crippen molar-refractivity contribution in [3.8, 4) is 22.8 Å². The van der Waals surface area contributed by atoms with Gasteiger partial charge in [0, 0.05) is 23.9 Å². The number of fused-ring (bicyclic) bond motifs is 1. The Morgan fingerprint density at radius 3 is 2.79 bits per heavy atom. The topological polar surface area (TPSA) is 89.6 Å². The van der Waals surface area contributed by atoms with E-state index in [2.05, 4.69) is 15.6 Å². The number of hydrogen-bond acceptors (Lipinski definition) is 7. The van der Waals surface area contributed by atoms with Crippen molar-refractivity contribution < 1.29 is 19.1 Å². The molecule has 7 nitrogen and oxygen atoms in total. The first-order valence-electron chi connectivity index (χ1n) is 8.66. The standard InChI is InChI=1S/C19H17N3O4S2/c23-17(5-6-20-18(24)16-2-1-9-27-16)22-19-21-13(11-28-19)12-3-4-14-15(10-12)26-8-7-25-14/h1-4,9-11H,5-8H2,(H,20,24)(H,21,22,23). The number of nitrogens with zero attached hydrogens (tertiary/aromatic N) is 1. The zero-order valence-electron chi connectivity index (χ0n) is 14.8. The van der Waals surface area contributed by atoms with E-state index in [1.807, 2.05) is 35.0 Å². The zero-order valence-corrected chi connectivity index (χ0v) is 16.4. The van der Waals surface area contributed by atoms with Crippen molar-refractivity contribution in [1.29, 1.82) is 0 Å². The third-order valence-electron chi connectivity index (χ3n) is 3.97. The molecule has 0 bridgehead atoms. The van der Waals surface area contributed by atoms with Gasteiger partial charge in [0.05, 0.1) is 10.6 Å². The first-order chi connectivity index (χ1) is 13.7. The van der Waals surface area contributed by atoms with Crippen molar-refractivity contribution in [2.75, 3.05) is 25.1 Å². The Bertz CT molecular complexity index is 985. The summed E-state index contributed by atoms with van der Waals surface area (Å²) in [4.78, 5) is 29.0. The molecule has 0 atom stereocenters. The van der Waals surface area contributed by atoms with Crippen LogP contribution in [0.1, 0.15) is 16.1 Å². The smallest absolute Gasteiger partial charge is 0.261 e. The molecular weight excluding hydrogens is 398 g/mol. The zero-order chi connectivity index (χ0) is 19.3. The van der Waals surface area contributed by atoms with Crippen molar-refractivity contribution in [1.82, 2.24) is 10.3 Å². The predicted octanol–water partition coefficient (Wildman–Crippen LogP) is 3.40. The molecule has 0 saturated carbocycles. The van der Waals surface area contributed by atoms with Gasteiger partial charge in [0.25, 0.3) is 5.91 Å². The minimum Gasteiger partial charge on any atom is -0.486 e. The third-order valence-corrected chi connectivity index (χ3v) is 5.60. The summed E-state index contributed by atoms with van der Waals surface area (Å²) in [7, 11) is 0. The third kappa shape index (κ3) is 4.32. The summed E-state index contributed by atoms with van der Waals surface area (Å²) in [5.74, 6) is 1.06. The molecule has 4 rings (SSSR count). The van der Waals surface area contributed by atoms with Crippen LogP contribution < -0.4 is 20.1 Å². The van der Waals surface area contributed by atoms with Gasteiger partial charge in [-0.3, -0.25) is 9.59 Å². The molecular formula is C19H17N3O4S2. The number of ether oxygens (including phenoxy) is 2. The lowest BCUT2D eigenvalue weighted by atomic mass is 10.1. The van der Waals surface area contributed by atoms with Crippen molar-refractivity contribution in [3.63, 3.8) is 0 Å². The lowest BCUT2D eigenvalue weighted by Gasteiger charge is -2.18. The van der Waals surface area contributed by atoms with Gasteiger partial charge in [0.2, 0.25) is 5.91 Å². The normalized spacial score (nSPS) is 12.4. The Balaban J connectivity index is 1.30. The molecule has 0 radical (unpaired) electrons. The predicted molar refractivity (Wildman–Crippen MR) is 108 cm³/mol. The highest BCUT2D eigenvalue weighted by atomic mass is 32.1. The SMILES string of the molecule is O=C(CCNC(=O)c1cccs1)Nc1nc(-c2ccc3c(c2)OCCO3)cs1. The maximum absolute atomic E-state index is 12.1. The lowest BCUT2D eigenvalue weighted by molar-refractivity contribution is -0.116. The van der Waals surface area contributed by atoms with E-state index < -0.39 is 0 Å². The largest absolute Gasteiger partial charge is 0.486 e. The molecule has 0 saturated heterocycles. The van der Waals surface area contributed by atoms with Gasteiger partial charge in [0.1, 0.15) is 13.2 Å². The van der Waals surface area contributed by atoms with Crippen LogP contribution in [0.2, 0.25) is 0 Å². The van der Waals surface area contributed by atoms with Crippen LogP contribution in [0.4, 0.5) is 5.13 Å². The van der Waals surface area contributed by atoms with Crippen LogP contribution in [0.3, 0.4) is 0 Å². The maximum Gasteiger partial charge on any atom is 0.261 e. The van der Waals surface area contributed by atoms with E-state index in [1.54, 1.807) is 6.07 Å². The summed E-state index contributed by atoms with van der Waals surface area (Å²) in [6.45, 7) is 1.34. The second kappa shape index (κ2) is 8.41. The van der Waals surface area contributed by atoms with Gasteiger partial charge < -0.3 is 20.1 Å². The average molecular weight is 415 g/mol. The summed E-state index contributed by atoms with van der Waals surface area (Å²) >= 11 is 2.71. The second-order valence-corrected chi connectivity index (χ2v) is 7.73. The highest BCUT2D eigenvalue weighted by Crippen LogP contribution is 2.35. The number of amides is 2. The molecule has 0 fully saturated rings. The lowest BCUT2D eigenvalue weighted by Crippen LogP contribution is -2.27. The van der Waals surface area contributed by atoms with E-state index in [9.17, 15) is 9.59 Å². The summed E-state index contributed by atoms with van der Waals surface area (Å²) in [6.07, 6.45) is 0.177. The van der Waals surface area contributed by atoms with E-state index >= 15 is 0 Å². The summed E-state index contributed by atoms with van der Waals surface area (Å²) in [6, 6.07) is 9.21. The molecule has 1 aliphatic heterocycles. The summed E-state index contributed by atoms with van der Waals surface area (Å²) in [5.41, 5.74) is 1.65. The fourth-order valence-electron chi connectivity index (χ4n) is 2.63. The molecule has 2 aromatic heterocycles. The molecule has 0 aliphatic carbocycles. The first-order valence-corrected chi connectivity index (χ1v) is 10.4. The number of aromatic nitrogens is 1. The number of carbonyl (C=O) groups is 2. The van der Waals surface area contributed by atoms with Crippen LogP contribution in [0.15, 0.2) is 41.1 Å². The Morgan fingerprint density at radius 2 is 1.96 bits per heavy atom. The van der Waals surface area contributed by atoms with Crippen LogP contribution >= 0.6 is 22.7 Å². The first kappa shape index (κ1) is 18.5. The van der Waals surface area contributed by atoms with E-state index in [0.717, 1.165) is 17.0 Å². The minimum absolute atomic E-state index is 0.169. The number of benzene rings is 1. The molecule has 3 heterocycles. The van der Waals surface area contributed by atoms with Gasteiger partial charge in [-0.05, 0) is 29.6 Å².